The van der Waals surface area contributed by atoms with Crippen molar-refractivity contribution in [3.8, 4) is 0 Å². The van der Waals surface area contributed by atoms with Gasteiger partial charge in [0.05, 0.1) is 0 Å². The summed E-state index contributed by atoms with van der Waals surface area (Å²) in [7, 11) is 0. The van der Waals surface area contributed by atoms with E-state index in [0.29, 0.717) is 12.8 Å². The van der Waals surface area contributed by atoms with E-state index in [1.54, 1.807) is 0 Å². The Bertz CT molecular complexity index is 403. The highest BCUT2D eigenvalue weighted by atomic mass is 16.4. The van der Waals surface area contributed by atoms with E-state index in [1.807, 2.05) is 37.3 Å². The molecule has 0 aromatic heterocycles. The molecule has 0 heterocycles. The smallest absolute Gasteiger partial charge is 0.303 e. The maximum absolute atomic E-state index is 11.6. The molecule has 0 saturated carbocycles. The molecule has 0 bridgehead atoms. The van der Waals surface area contributed by atoms with Gasteiger partial charge < -0.3 is 10.4 Å². The molecule has 1 aromatic carbocycles. The fourth-order valence-corrected chi connectivity index (χ4v) is 1.86. The molecule has 1 unspecified atom stereocenters. The number of carboxylic acids is 1. The Morgan fingerprint density at radius 2 is 1.89 bits per heavy atom. The largest absolute Gasteiger partial charge is 0.481 e. The van der Waals surface area contributed by atoms with Crippen molar-refractivity contribution in [1.82, 2.24) is 5.32 Å². The molecule has 0 saturated heterocycles. The number of carbonyl (C=O) groups excluding carboxylic acids is 1. The summed E-state index contributed by atoms with van der Waals surface area (Å²) in [5.74, 6) is -0.834. The van der Waals surface area contributed by atoms with E-state index in [9.17, 15) is 9.59 Å². The van der Waals surface area contributed by atoms with Crippen LogP contribution in [0.4, 0.5) is 0 Å². The normalized spacial score (nSPS) is 11.8. The van der Waals surface area contributed by atoms with E-state index in [0.717, 1.165) is 12.8 Å². The molecular formula is C15H21NO3. The predicted molar refractivity (Wildman–Crippen MR) is 73.9 cm³/mol. The van der Waals surface area contributed by atoms with Gasteiger partial charge in [-0.05, 0) is 31.7 Å². The van der Waals surface area contributed by atoms with Crippen molar-refractivity contribution in [3.63, 3.8) is 0 Å². The number of carbonyl (C=O) groups is 2. The molecule has 1 rings (SSSR count). The number of hydrogen-bond acceptors (Lipinski definition) is 2. The summed E-state index contributed by atoms with van der Waals surface area (Å²) in [6.07, 6.45) is 2.73. The first-order chi connectivity index (χ1) is 9.08. The summed E-state index contributed by atoms with van der Waals surface area (Å²) >= 11 is 0. The first-order valence-corrected chi connectivity index (χ1v) is 6.63. The molecule has 0 aliphatic rings. The Morgan fingerprint density at radius 1 is 1.21 bits per heavy atom. The van der Waals surface area contributed by atoms with E-state index < -0.39 is 5.97 Å². The lowest BCUT2D eigenvalue weighted by molar-refractivity contribution is -0.137. The molecule has 0 aliphatic heterocycles. The molecule has 0 aliphatic carbocycles. The van der Waals surface area contributed by atoms with Gasteiger partial charge in [-0.15, -0.1) is 0 Å². The lowest BCUT2D eigenvalue weighted by Crippen LogP contribution is -2.32. The minimum absolute atomic E-state index is 0.00572. The number of rotatable bonds is 8. The van der Waals surface area contributed by atoms with Gasteiger partial charge in [0, 0.05) is 18.9 Å². The topological polar surface area (TPSA) is 66.4 Å². The minimum atomic E-state index is -0.829. The van der Waals surface area contributed by atoms with Crippen molar-refractivity contribution in [1.29, 1.82) is 0 Å². The molecule has 4 nitrogen and oxygen atoms in total. The zero-order valence-corrected chi connectivity index (χ0v) is 11.3. The Balaban J connectivity index is 2.15. The highest BCUT2D eigenvalue weighted by molar-refractivity contribution is 5.76. The number of nitrogens with one attached hydrogen (secondary N) is 1. The molecule has 0 radical (unpaired) electrons. The fraction of sp³-hybridized carbons (Fsp3) is 0.467. The van der Waals surface area contributed by atoms with Gasteiger partial charge in [0.1, 0.15) is 0 Å². The Morgan fingerprint density at radius 3 is 2.53 bits per heavy atom. The van der Waals surface area contributed by atoms with Crippen molar-refractivity contribution < 1.29 is 14.7 Å². The van der Waals surface area contributed by atoms with Crippen LogP contribution in [-0.4, -0.2) is 23.0 Å². The second kappa shape index (κ2) is 8.29. The van der Waals surface area contributed by atoms with E-state index in [4.69, 9.17) is 5.11 Å². The van der Waals surface area contributed by atoms with Gasteiger partial charge in [0.25, 0.3) is 0 Å². The molecule has 19 heavy (non-hydrogen) atoms. The predicted octanol–water partition coefficient (Wildman–Crippen LogP) is 2.38. The molecule has 2 N–H and O–H groups in total. The third kappa shape index (κ3) is 7.24. The van der Waals surface area contributed by atoms with Gasteiger partial charge in [0.15, 0.2) is 0 Å². The quantitative estimate of drug-likeness (QED) is 0.756. The highest BCUT2D eigenvalue weighted by Crippen LogP contribution is 2.05. The van der Waals surface area contributed by atoms with Crippen molar-refractivity contribution >= 4 is 11.9 Å². The van der Waals surface area contributed by atoms with Crippen LogP contribution in [0.5, 0.6) is 0 Å². The summed E-state index contributed by atoms with van der Waals surface area (Å²) in [5.41, 5.74) is 1.23. The average molecular weight is 263 g/mol. The zero-order valence-electron chi connectivity index (χ0n) is 11.3. The summed E-state index contributed by atoms with van der Waals surface area (Å²) in [5, 5.41) is 11.4. The van der Waals surface area contributed by atoms with Crippen molar-refractivity contribution in [3.05, 3.63) is 35.9 Å². The Kier molecular flexibility index (Phi) is 6.64. The molecule has 0 spiro atoms. The van der Waals surface area contributed by atoms with Crippen LogP contribution in [0.1, 0.15) is 38.2 Å². The second-order valence-electron chi connectivity index (χ2n) is 4.74. The van der Waals surface area contributed by atoms with Crippen molar-refractivity contribution in [2.45, 2.75) is 45.1 Å². The maximum Gasteiger partial charge on any atom is 0.303 e. The number of benzene rings is 1. The van der Waals surface area contributed by atoms with Crippen LogP contribution >= 0.6 is 0 Å². The summed E-state index contributed by atoms with van der Waals surface area (Å²) in [6, 6.07) is 9.97. The average Bonchev–Trinajstić information content (AvgIpc) is 2.37. The second-order valence-corrected chi connectivity index (χ2v) is 4.74. The van der Waals surface area contributed by atoms with Crippen LogP contribution in [0.25, 0.3) is 0 Å². The molecular weight excluding hydrogens is 242 g/mol. The number of carboxylic acid groups (broad SMARTS) is 1. The standard InChI is InChI=1S/C15H21NO3/c1-12(10-11-15(18)19)16-14(17)9-5-8-13-6-3-2-4-7-13/h2-4,6-7,12H,5,8-11H2,1H3,(H,16,17)(H,18,19). The van der Waals surface area contributed by atoms with Crippen LogP contribution in [0.15, 0.2) is 30.3 Å². The number of amides is 1. The van der Waals surface area contributed by atoms with Crippen LogP contribution in [0.2, 0.25) is 0 Å². The highest BCUT2D eigenvalue weighted by Gasteiger charge is 2.08. The molecule has 1 aromatic rings. The van der Waals surface area contributed by atoms with Gasteiger partial charge in [-0.25, -0.2) is 0 Å². The third-order valence-corrected chi connectivity index (χ3v) is 2.91. The summed E-state index contributed by atoms with van der Waals surface area (Å²) in [4.78, 5) is 22.0. The summed E-state index contributed by atoms with van der Waals surface area (Å²) < 4.78 is 0. The first-order valence-electron chi connectivity index (χ1n) is 6.63. The van der Waals surface area contributed by atoms with Crippen LogP contribution in [-0.2, 0) is 16.0 Å². The van der Waals surface area contributed by atoms with Gasteiger partial charge >= 0.3 is 5.97 Å². The molecule has 104 valence electrons. The van der Waals surface area contributed by atoms with Crippen molar-refractivity contribution in [2.75, 3.05) is 0 Å². The minimum Gasteiger partial charge on any atom is -0.481 e. The monoisotopic (exact) mass is 263 g/mol. The van der Waals surface area contributed by atoms with Gasteiger partial charge in [0.2, 0.25) is 5.91 Å². The third-order valence-electron chi connectivity index (χ3n) is 2.91. The number of aliphatic carboxylic acids is 1. The maximum atomic E-state index is 11.6. The molecule has 0 fully saturated rings. The van der Waals surface area contributed by atoms with E-state index in [2.05, 4.69) is 5.32 Å². The van der Waals surface area contributed by atoms with E-state index in [1.165, 1.54) is 5.56 Å². The molecule has 1 amide bonds. The van der Waals surface area contributed by atoms with Crippen molar-refractivity contribution in [2.24, 2.45) is 0 Å². The van der Waals surface area contributed by atoms with Crippen LogP contribution in [0.3, 0.4) is 0 Å². The van der Waals surface area contributed by atoms with Crippen LogP contribution in [0, 0.1) is 0 Å². The van der Waals surface area contributed by atoms with Gasteiger partial charge in [-0.2, -0.15) is 0 Å². The lowest BCUT2D eigenvalue weighted by atomic mass is 10.1. The number of hydrogen-bond donors (Lipinski definition) is 2. The Hall–Kier alpha value is -1.84. The SMILES string of the molecule is CC(CCC(=O)O)NC(=O)CCCc1ccccc1. The van der Waals surface area contributed by atoms with Gasteiger partial charge in [-0.1, -0.05) is 30.3 Å². The van der Waals surface area contributed by atoms with E-state index >= 15 is 0 Å². The molecule has 1 atom stereocenters. The van der Waals surface area contributed by atoms with Crippen LogP contribution < -0.4 is 5.32 Å². The van der Waals surface area contributed by atoms with Gasteiger partial charge in [-0.3, -0.25) is 9.59 Å². The lowest BCUT2D eigenvalue weighted by Gasteiger charge is -2.12. The zero-order chi connectivity index (χ0) is 14.1. The first kappa shape index (κ1) is 15.2. The summed E-state index contributed by atoms with van der Waals surface area (Å²) in [6.45, 7) is 1.83. The van der Waals surface area contributed by atoms with E-state index in [-0.39, 0.29) is 18.4 Å². The fourth-order valence-electron chi connectivity index (χ4n) is 1.86. The number of aryl methyl sites for hydroxylation is 1. The molecule has 4 heteroatoms. The Labute approximate surface area is 113 Å².